The van der Waals surface area contributed by atoms with Gasteiger partial charge in [-0.3, -0.25) is 4.79 Å². The molecule has 2 rings (SSSR count). The molecule has 116 valence electrons. The molecule has 1 saturated heterocycles. The van der Waals surface area contributed by atoms with Gasteiger partial charge < -0.3 is 10.0 Å². The van der Waals surface area contributed by atoms with Gasteiger partial charge in [0.1, 0.15) is 11.0 Å². The molecule has 6 nitrogen and oxygen atoms in total. The van der Waals surface area contributed by atoms with E-state index in [1.54, 1.807) is 12.1 Å². The number of nitrogens with zero attached hydrogens (tertiary/aromatic N) is 1. The minimum absolute atomic E-state index is 0.0289. The molecule has 1 unspecified atom stereocenters. The van der Waals surface area contributed by atoms with Crippen LogP contribution in [0.5, 0.6) is 5.75 Å². The molecular formula is C14H20N2O4S. The Labute approximate surface area is 124 Å². The van der Waals surface area contributed by atoms with E-state index in [1.807, 2.05) is 20.8 Å². The number of carbonyl (C=O) groups is 1. The molecule has 1 atom stereocenters. The molecule has 1 aromatic carbocycles. The number of phenolic OH excluding ortho intramolecular Hbond substituents is 1. The van der Waals surface area contributed by atoms with Gasteiger partial charge in [0.15, 0.2) is 0 Å². The number of hydrogen-bond donors (Lipinski definition) is 2. The Balaban J connectivity index is 2.41. The summed E-state index contributed by atoms with van der Waals surface area (Å²) in [6, 6.07) is 5.03. The first kappa shape index (κ1) is 15.8. The van der Waals surface area contributed by atoms with Crippen molar-refractivity contribution in [2.24, 2.45) is 5.14 Å². The number of sulfonamides is 1. The van der Waals surface area contributed by atoms with Gasteiger partial charge in [0.25, 0.3) is 0 Å². The fraction of sp³-hybridized carbons (Fsp3) is 0.500. The van der Waals surface area contributed by atoms with Crippen molar-refractivity contribution in [3.05, 3.63) is 23.8 Å². The van der Waals surface area contributed by atoms with Crippen molar-refractivity contribution >= 4 is 21.6 Å². The maximum absolute atomic E-state index is 12.0. The molecule has 1 aliphatic heterocycles. The molecule has 7 heteroatoms. The molecule has 0 radical (unpaired) electrons. The predicted octanol–water partition coefficient (Wildman–Crippen LogP) is 1.08. The lowest BCUT2D eigenvalue weighted by atomic mass is 9.86. The van der Waals surface area contributed by atoms with Gasteiger partial charge >= 0.3 is 0 Å². The van der Waals surface area contributed by atoms with Crippen molar-refractivity contribution in [2.45, 2.75) is 37.9 Å². The molecule has 0 aliphatic carbocycles. The number of aromatic hydroxyl groups is 1. The zero-order valence-electron chi connectivity index (χ0n) is 12.3. The first-order chi connectivity index (χ1) is 9.50. The topological polar surface area (TPSA) is 101 Å². The minimum Gasteiger partial charge on any atom is -0.506 e. The summed E-state index contributed by atoms with van der Waals surface area (Å²) in [6.07, 6.45) is -0.155. The quantitative estimate of drug-likeness (QED) is 0.853. The third-order valence-corrected chi connectivity index (χ3v) is 4.93. The summed E-state index contributed by atoms with van der Waals surface area (Å²) < 4.78 is 22.8. The van der Waals surface area contributed by atoms with Gasteiger partial charge in [-0.15, -0.1) is 0 Å². The number of benzene rings is 1. The molecule has 1 amide bonds. The average Bonchev–Trinajstić information content (AvgIpc) is 2.70. The van der Waals surface area contributed by atoms with E-state index < -0.39 is 15.3 Å². The van der Waals surface area contributed by atoms with Crippen LogP contribution in [0.2, 0.25) is 0 Å². The Kier molecular flexibility index (Phi) is 3.75. The van der Waals surface area contributed by atoms with E-state index in [1.165, 1.54) is 11.0 Å². The highest BCUT2D eigenvalue weighted by Gasteiger charge is 2.38. The fourth-order valence-corrected chi connectivity index (χ4v) is 3.07. The van der Waals surface area contributed by atoms with Crippen LogP contribution in [-0.2, 0) is 20.2 Å². The SMILES string of the molecule is CC(C)(C)c1ccc(O)c(N2CC(S(N)(=O)=O)CC2=O)c1. The number of amides is 1. The minimum atomic E-state index is -3.77. The van der Waals surface area contributed by atoms with Crippen LogP contribution >= 0.6 is 0 Å². The number of rotatable bonds is 2. The van der Waals surface area contributed by atoms with Crippen LogP contribution in [-0.4, -0.2) is 31.2 Å². The van der Waals surface area contributed by atoms with Gasteiger partial charge in [-0.05, 0) is 23.1 Å². The number of carbonyl (C=O) groups excluding carboxylic acids is 1. The van der Waals surface area contributed by atoms with Crippen LogP contribution in [0, 0.1) is 0 Å². The summed E-state index contributed by atoms with van der Waals surface area (Å²) in [4.78, 5) is 13.3. The van der Waals surface area contributed by atoms with E-state index in [0.29, 0.717) is 5.69 Å². The number of phenols is 1. The summed E-state index contributed by atoms with van der Waals surface area (Å²) in [5, 5.41) is 14.2. The molecule has 0 aromatic heterocycles. The van der Waals surface area contributed by atoms with Crippen LogP contribution in [0.3, 0.4) is 0 Å². The molecule has 0 bridgehead atoms. The van der Waals surface area contributed by atoms with Gasteiger partial charge in [-0.25, -0.2) is 13.6 Å². The normalized spacial score (nSPS) is 20.1. The summed E-state index contributed by atoms with van der Waals surface area (Å²) in [7, 11) is -3.77. The molecular weight excluding hydrogens is 292 g/mol. The smallest absolute Gasteiger partial charge is 0.228 e. The zero-order chi connectivity index (χ0) is 16.0. The molecule has 1 aliphatic rings. The average molecular weight is 312 g/mol. The Morgan fingerprint density at radius 1 is 1.33 bits per heavy atom. The second-order valence-electron chi connectivity index (χ2n) is 6.37. The zero-order valence-corrected chi connectivity index (χ0v) is 13.1. The van der Waals surface area contributed by atoms with Gasteiger partial charge in [-0.1, -0.05) is 26.8 Å². The van der Waals surface area contributed by atoms with Gasteiger partial charge in [-0.2, -0.15) is 0 Å². The third kappa shape index (κ3) is 3.19. The van der Waals surface area contributed by atoms with Crippen molar-refractivity contribution < 1.29 is 18.3 Å². The number of anilines is 1. The standard InChI is InChI=1S/C14H20N2O4S/c1-14(2,3)9-4-5-12(17)11(6-9)16-8-10(7-13(16)18)21(15,19)20/h4-6,10,17H,7-8H2,1-3H3,(H2,15,19,20). The van der Waals surface area contributed by atoms with Crippen LogP contribution in [0.15, 0.2) is 18.2 Å². The Morgan fingerprint density at radius 2 is 1.95 bits per heavy atom. The van der Waals surface area contributed by atoms with E-state index in [-0.39, 0.29) is 30.0 Å². The van der Waals surface area contributed by atoms with Crippen LogP contribution < -0.4 is 10.0 Å². The van der Waals surface area contributed by atoms with E-state index in [9.17, 15) is 18.3 Å². The highest BCUT2D eigenvalue weighted by atomic mass is 32.2. The van der Waals surface area contributed by atoms with Crippen molar-refractivity contribution in [3.8, 4) is 5.75 Å². The third-order valence-electron chi connectivity index (χ3n) is 3.69. The monoisotopic (exact) mass is 312 g/mol. The number of hydrogen-bond acceptors (Lipinski definition) is 4. The van der Waals surface area contributed by atoms with Crippen LogP contribution in [0.4, 0.5) is 5.69 Å². The van der Waals surface area contributed by atoms with E-state index in [0.717, 1.165) is 5.56 Å². The molecule has 1 heterocycles. The first-order valence-electron chi connectivity index (χ1n) is 6.65. The van der Waals surface area contributed by atoms with E-state index in [2.05, 4.69) is 0 Å². The highest BCUT2D eigenvalue weighted by Crippen LogP contribution is 2.35. The van der Waals surface area contributed by atoms with E-state index >= 15 is 0 Å². The molecule has 0 saturated carbocycles. The van der Waals surface area contributed by atoms with Crippen molar-refractivity contribution in [1.82, 2.24) is 0 Å². The summed E-state index contributed by atoms with van der Waals surface area (Å²) in [6.45, 7) is 6.02. The van der Waals surface area contributed by atoms with Crippen molar-refractivity contribution in [2.75, 3.05) is 11.4 Å². The summed E-state index contributed by atoms with van der Waals surface area (Å²) >= 11 is 0. The van der Waals surface area contributed by atoms with Crippen LogP contribution in [0.25, 0.3) is 0 Å². The molecule has 21 heavy (non-hydrogen) atoms. The fourth-order valence-electron chi connectivity index (χ4n) is 2.33. The Bertz CT molecular complexity index is 677. The molecule has 1 aromatic rings. The number of primary sulfonamides is 1. The Hall–Kier alpha value is -1.60. The number of nitrogens with two attached hydrogens (primary N) is 1. The van der Waals surface area contributed by atoms with Gasteiger partial charge in [0.05, 0.1) is 5.69 Å². The van der Waals surface area contributed by atoms with Gasteiger partial charge in [0.2, 0.25) is 15.9 Å². The van der Waals surface area contributed by atoms with Crippen LogP contribution in [0.1, 0.15) is 32.8 Å². The summed E-state index contributed by atoms with van der Waals surface area (Å²) in [5.41, 5.74) is 1.13. The first-order valence-corrected chi connectivity index (χ1v) is 8.26. The highest BCUT2D eigenvalue weighted by molar-refractivity contribution is 7.89. The maximum atomic E-state index is 12.0. The molecule has 1 fully saturated rings. The van der Waals surface area contributed by atoms with Gasteiger partial charge in [0, 0.05) is 13.0 Å². The predicted molar refractivity (Wildman–Crippen MR) is 80.7 cm³/mol. The second-order valence-corrected chi connectivity index (χ2v) is 8.22. The molecule has 3 N–H and O–H groups in total. The summed E-state index contributed by atoms with van der Waals surface area (Å²) in [5.74, 6) is -0.401. The van der Waals surface area contributed by atoms with Crippen molar-refractivity contribution in [3.63, 3.8) is 0 Å². The lowest BCUT2D eigenvalue weighted by Gasteiger charge is -2.23. The lowest BCUT2D eigenvalue weighted by molar-refractivity contribution is -0.117. The van der Waals surface area contributed by atoms with E-state index in [4.69, 9.17) is 5.14 Å². The lowest BCUT2D eigenvalue weighted by Crippen LogP contribution is -2.32. The largest absolute Gasteiger partial charge is 0.506 e. The van der Waals surface area contributed by atoms with Crippen molar-refractivity contribution in [1.29, 1.82) is 0 Å². The molecule has 0 spiro atoms. The Morgan fingerprint density at radius 3 is 2.43 bits per heavy atom. The second kappa shape index (κ2) is 4.99. The maximum Gasteiger partial charge on any atom is 0.228 e.